The number of nitriles is 1. The molecule has 1 aliphatic rings. The number of carbonyl (C=O) groups is 1. The predicted molar refractivity (Wildman–Crippen MR) is 76.1 cm³/mol. The molecule has 1 aromatic carbocycles. The second-order valence-corrected chi connectivity index (χ2v) is 5.44. The summed E-state index contributed by atoms with van der Waals surface area (Å²) in [6, 6.07) is 9.60. The van der Waals surface area contributed by atoms with E-state index in [0.717, 1.165) is 24.8 Å². The first-order chi connectivity index (χ1) is 9.59. The largest absolute Gasteiger partial charge is 0.367 e. The van der Waals surface area contributed by atoms with Gasteiger partial charge in [0.2, 0.25) is 5.91 Å². The zero-order chi connectivity index (χ0) is 14.6. The third kappa shape index (κ3) is 2.95. The number of hydrogen-bond acceptors (Lipinski definition) is 3. The molecule has 0 saturated heterocycles. The van der Waals surface area contributed by atoms with Gasteiger partial charge in [0, 0.05) is 12.1 Å². The number of benzene rings is 1. The monoisotopic (exact) mass is 292 g/mol. The number of hydrogen-bond donors (Lipinski definition) is 0. The lowest BCUT2D eigenvalue weighted by Gasteiger charge is -2.42. The van der Waals surface area contributed by atoms with Gasteiger partial charge in [0.05, 0.1) is 12.7 Å². The fraction of sp³-hybridized carbons (Fsp3) is 0.467. The number of amides is 1. The molecule has 0 N–H and O–H groups in total. The summed E-state index contributed by atoms with van der Waals surface area (Å²) in [6.07, 6.45) is 2.48. The van der Waals surface area contributed by atoms with Crippen molar-refractivity contribution in [1.29, 1.82) is 5.26 Å². The number of likely N-dealkylation sites (N-methyl/N-ethyl adjacent to an activating group) is 1. The van der Waals surface area contributed by atoms with Crippen LogP contribution in [0.25, 0.3) is 0 Å². The average molecular weight is 293 g/mol. The molecule has 5 heteroatoms. The molecule has 0 unspecified atom stereocenters. The Labute approximate surface area is 123 Å². The molecule has 1 aromatic rings. The molecular weight excluding hydrogens is 276 g/mol. The van der Waals surface area contributed by atoms with Gasteiger partial charge in [-0.05, 0) is 30.9 Å². The minimum Gasteiger partial charge on any atom is -0.367 e. The van der Waals surface area contributed by atoms with Crippen LogP contribution in [0.5, 0.6) is 0 Å². The normalized spacial score (nSPS) is 16.1. The van der Waals surface area contributed by atoms with Gasteiger partial charge in [-0.15, -0.1) is 0 Å². The number of carbonyl (C=O) groups excluding carboxylic acids is 1. The Hall–Kier alpha value is -1.57. The molecule has 0 atom stereocenters. The van der Waals surface area contributed by atoms with Crippen LogP contribution in [0.1, 0.15) is 24.8 Å². The fourth-order valence-corrected chi connectivity index (χ4v) is 2.42. The smallest absolute Gasteiger partial charge is 0.249 e. The summed E-state index contributed by atoms with van der Waals surface area (Å²) < 4.78 is 5.41. The van der Waals surface area contributed by atoms with E-state index in [1.165, 1.54) is 4.90 Å². The van der Waals surface area contributed by atoms with Crippen molar-refractivity contribution in [2.45, 2.75) is 31.4 Å². The lowest BCUT2D eigenvalue weighted by molar-refractivity contribution is -0.141. The van der Waals surface area contributed by atoms with Crippen LogP contribution in [-0.4, -0.2) is 30.0 Å². The summed E-state index contributed by atoms with van der Waals surface area (Å²) in [5.74, 6) is -0.168. The third-order valence-electron chi connectivity index (χ3n) is 3.85. The molecule has 0 heterocycles. The van der Waals surface area contributed by atoms with Crippen molar-refractivity contribution in [3.8, 4) is 6.07 Å². The summed E-state index contributed by atoms with van der Waals surface area (Å²) in [6.45, 7) is 0.254. The molecule has 0 aromatic heterocycles. The molecule has 20 heavy (non-hydrogen) atoms. The van der Waals surface area contributed by atoms with Gasteiger partial charge in [0.15, 0.2) is 0 Å². The Morgan fingerprint density at radius 1 is 1.50 bits per heavy atom. The first kappa shape index (κ1) is 14.8. The van der Waals surface area contributed by atoms with Crippen LogP contribution < -0.4 is 0 Å². The molecule has 0 aliphatic heterocycles. The highest BCUT2D eigenvalue weighted by Gasteiger charge is 2.43. The van der Waals surface area contributed by atoms with E-state index in [1.807, 2.05) is 18.2 Å². The molecule has 0 spiro atoms. The zero-order valence-electron chi connectivity index (χ0n) is 11.4. The Morgan fingerprint density at radius 3 is 2.75 bits per heavy atom. The number of halogens is 1. The van der Waals surface area contributed by atoms with Crippen molar-refractivity contribution in [2.24, 2.45) is 0 Å². The fourth-order valence-electron chi connectivity index (χ4n) is 2.23. The van der Waals surface area contributed by atoms with Gasteiger partial charge in [0.1, 0.15) is 12.1 Å². The zero-order valence-corrected chi connectivity index (χ0v) is 12.2. The molecule has 2 rings (SSSR count). The van der Waals surface area contributed by atoms with Crippen LogP contribution >= 0.6 is 11.6 Å². The van der Waals surface area contributed by atoms with Crippen LogP contribution in [0.3, 0.4) is 0 Å². The van der Waals surface area contributed by atoms with Crippen LogP contribution in [0.15, 0.2) is 24.3 Å². The summed E-state index contributed by atoms with van der Waals surface area (Å²) in [7, 11) is 1.67. The molecule has 0 radical (unpaired) electrons. The maximum Gasteiger partial charge on any atom is 0.249 e. The van der Waals surface area contributed by atoms with Gasteiger partial charge in [-0.25, -0.2) is 0 Å². The second kappa shape index (κ2) is 6.25. The topological polar surface area (TPSA) is 53.3 Å². The first-order valence-electron chi connectivity index (χ1n) is 6.58. The highest BCUT2D eigenvalue weighted by molar-refractivity contribution is 6.31. The molecule has 0 bridgehead atoms. The maximum atomic E-state index is 12.0. The van der Waals surface area contributed by atoms with E-state index in [-0.39, 0.29) is 12.5 Å². The van der Waals surface area contributed by atoms with Gasteiger partial charge in [-0.3, -0.25) is 4.79 Å². The van der Waals surface area contributed by atoms with E-state index in [2.05, 4.69) is 6.07 Å². The number of rotatable bonds is 5. The van der Waals surface area contributed by atoms with Crippen molar-refractivity contribution in [1.82, 2.24) is 4.90 Å². The van der Waals surface area contributed by atoms with Crippen molar-refractivity contribution >= 4 is 17.5 Å². The average Bonchev–Trinajstić information content (AvgIpc) is 2.40. The third-order valence-corrected chi connectivity index (χ3v) is 4.21. The van der Waals surface area contributed by atoms with E-state index in [1.54, 1.807) is 13.1 Å². The Bertz CT molecular complexity index is 535. The standard InChI is InChI=1S/C15H17ClN2O2/c1-18(15(11-17)7-4-8-15)14(19)10-20-9-12-5-2-3-6-13(12)16/h2-3,5-6H,4,7-10H2,1H3. The maximum absolute atomic E-state index is 12.0. The van der Waals surface area contributed by atoms with Crippen LogP contribution in [-0.2, 0) is 16.1 Å². The van der Waals surface area contributed by atoms with Crippen molar-refractivity contribution in [3.63, 3.8) is 0 Å². The highest BCUT2D eigenvalue weighted by atomic mass is 35.5. The summed E-state index contributed by atoms with van der Waals surface area (Å²) >= 11 is 6.01. The molecule has 1 aliphatic carbocycles. The Morgan fingerprint density at radius 2 is 2.20 bits per heavy atom. The lowest BCUT2D eigenvalue weighted by Crippen LogP contribution is -2.54. The van der Waals surface area contributed by atoms with Gasteiger partial charge in [-0.2, -0.15) is 5.26 Å². The summed E-state index contributed by atoms with van der Waals surface area (Å²) in [5, 5.41) is 9.82. The van der Waals surface area contributed by atoms with Crippen LogP contribution in [0.2, 0.25) is 5.02 Å². The molecule has 106 valence electrons. The quantitative estimate of drug-likeness (QED) is 0.838. The highest BCUT2D eigenvalue weighted by Crippen LogP contribution is 2.36. The Kier molecular flexibility index (Phi) is 4.64. The van der Waals surface area contributed by atoms with E-state index in [9.17, 15) is 10.1 Å². The summed E-state index contributed by atoms with van der Waals surface area (Å²) in [4.78, 5) is 13.6. The van der Waals surface area contributed by atoms with Gasteiger partial charge in [-0.1, -0.05) is 29.8 Å². The molecular formula is C15H17ClN2O2. The molecule has 1 amide bonds. The minimum atomic E-state index is -0.620. The van der Waals surface area contributed by atoms with Crippen molar-refractivity contribution < 1.29 is 9.53 Å². The second-order valence-electron chi connectivity index (χ2n) is 5.03. The van der Waals surface area contributed by atoms with Crippen molar-refractivity contribution in [3.05, 3.63) is 34.9 Å². The number of ether oxygens (including phenoxy) is 1. The van der Waals surface area contributed by atoms with Gasteiger partial charge >= 0.3 is 0 Å². The Balaban J connectivity index is 1.84. The lowest BCUT2D eigenvalue weighted by atomic mass is 9.77. The van der Waals surface area contributed by atoms with E-state index >= 15 is 0 Å². The molecule has 4 nitrogen and oxygen atoms in total. The van der Waals surface area contributed by atoms with E-state index in [0.29, 0.717) is 11.6 Å². The van der Waals surface area contributed by atoms with Crippen LogP contribution in [0, 0.1) is 11.3 Å². The molecule has 1 fully saturated rings. The van der Waals surface area contributed by atoms with Crippen LogP contribution in [0.4, 0.5) is 0 Å². The minimum absolute atomic E-state index is 0.0366. The summed E-state index contributed by atoms with van der Waals surface area (Å²) in [5.41, 5.74) is 0.230. The van der Waals surface area contributed by atoms with Gasteiger partial charge in [0.25, 0.3) is 0 Å². The first-order valence-corrected chi connectivity index (χ1v) is 6.96. The van der Waals surface area contributed by atoms with E-state index < -0.39 is 5.54 Å². The predicted octanol–water partition coefficient (Wildman–Crippen LogP) is 2.76. The SMILES string of the molecule is CN(C(=O)COCc1ccccc1Cl)C1(C#N)CCC1. The number of nitrogens with zero attached hydrogens (tertiary/aromatic N) is 2. The van der Waals surface area contributed by atoms with Gasteiger partial charge < -0.3 is 9.64 Å². The molecule has 1 saturated carbocycles. The van der Waals surface area contributed by atoms with E-state index in [4.69, 9.17) is 16.3 Å². The van der Waals surface area contributed by atoms with Crippen molar-refractivity contribution in [2.75, 3.05) is 13.7 Å².